The SMILES string of the molecule is O=C(CC12CC3CC(CC(C3)C1)C2)OCC(F)(F)S(=O)(=O)[O-].[Na+]. The van der Waals surface area contributed by atoms with Gasteiger partial charge < -0.3 is 9.29 Å². The number of halogens is 2. The van der Waals surface area contributed by atoms with Crippen molar-refractivity contribution >= 4 is 16.1 Å². The summed E-state index contributed by atoms with van der Waals surface area (Å²) in [5, 5.41) is -4.57. The van der Waals surface area contributed by atoms with Gasteiger partial charge in [-0.15, -0.1) is 0 Å². The van der Waals surface area contributed by atoms with Crippen LogP contribution in [0.1, 0.15) is 44.9 Å². The maximum Gasteiger partial charge on any atom is 1.00 e. The van der Waals surface area contributed by atoms with Crippen LogP contribution < -0.4 is 29.6 Å². The predicted octanol–water partition coefficient (Wildman–Crippen LogP) is -0.722. The molecule has 5 nitrogen and oxygen atoms in total. The first kappa shape index (κ1) is 19.6. The largest absolute Gasteiger partial charge is 1.00 e. The van der Waals surface area contributed by atoms with E-state index in [1.165, 1.54) is 19.3 Å². The number of carbonyl (C=O) groups is 1. The molecule has 0 heterocycles. The van der Waals surface area contributed by atoms with Gasteiger partial charge in [-0.1, -0.05) is 0 Å². The van der Waals surface area contributed by atoms with E-state index in [-0.39, 0.29) is 41.4 Å². The Morgan fingerprint density at radius 1 is 1.13 bits per heavy atom. The van der Waals surface area contributed by atoms with E-state index in [1.807, 2.05) is 0 Å². The van der Waals surface area contributed by atoms with Gasteiger partial charge in [0.2, 0.25) is 0 Å². The van der Waals surface area contributed by atoms with Crippen LogP contribution in [-0.4, -0.2) is 30.8 Å². The van der Waals surface area contributed by atoms with Crippen LogP contribution >= 0.6 is 0 Å². The van der Waals surface area contributed by atoms with E-state index < -0.39 is 27.9 Å². The zero-order valence-corrected chi connectivity index (χ0v) is 15.9. The fourth-order valence-corrected chi connectivity index (χ4v) is 5.30. The number of hydrogen-bond acceptors (Lipinski definition) is 5. The van der Waals surface area contributed by atoms with Gasteiger partial charge in [-0.25, -0.2) is 8.42 Å². The Morgan fingerprint density at radius 2 is 1.57 bits per heavy atom. The van der Waals surface area contributed by atoms with Gasteiger partial charge in [0.1, 0.15) is 0 Å². The first-order chi connectivity index (χ1) is 10.1. The number of ether oxygens (including phenoxy) is 1. The smallest absolute Gasteiger partial charge is 0.743 e. The molecule has 23 heavy (non-hydrogen) atoms. The van der Waals surface area contributed by atoms with Gasteiger partial charge in [-0.3, -0.25) is 4.79 Å². The van der Waals surface area contributed by atoms with E-state index >= 15 is 0 Å². The summed E-state index contributed by atoms with van der Waals surface area (Å²) in [6, 6.07) is 0. The predicted molar refractivity (Wildman–Crippen MR) is 70.8 cm³/mol. The molecule has 126 valence electrons. The van der Waals surface area contributed by atoms with Gasteiger partial charge in [0.15, 0.2) is 16.7 Å². The molecule has 0 radical (unpaired) electrons. The molecule has 4 aliphatic rings. The van der Waals surface area contributed by atoms with Crippen molar-refractivity contribution in [1.29, 1.82) is 0 Å². The van der Waals surface area contributed by atoms with Crippen LogP contribution in [-0.2, 0) is 19.6 Å². The Morgan fingerprint density at radius 3 is 1.96 bits per heavy atom. The Kier molecular flexibility index (Phi) is 5.54. The van der Waals surface area contributed by atoms with Gasteiger partial charge in [0, 0.05) is 0 Å². The summed E-state index contributed by atoms with van der Waals surface area (Å²) < 4.78 is 61.6. The fraction of sp³-hybridized carbons (Fsp3) is 0.929. The van der Waals surface area contributed by atoms with Crippen LogP contribution in [0, 0.1) is 23.2 Å². The summed E-state index contributed by atoms with van der Waals surface area (Å²) in [4.78, 5) is 11.8. The number of hydrogen-bond donors (Lipinski definition) is 0. The van der Waals surface area contributed by atoms with E-state index in [4.69, 9.17) is 0 Å². The van der Waals surface area contributed by atoms with E-state index in [9.17, 15) is 26.5 Å². The molecule has 4 rings (SSSR count). The van der Waals surface area contributed by atoms with E-state index in [0.29, 0.717) is 17.8 Å². The molecule has 4 aliphatic carbocycles. The standard InChI is InChI=1S/C14H20F2O5S.Na/c15-14(16,22(18,19)20)8-21-12(17)7-13-4-9-1-10(5-13)3-11(2-9)6-13;/h9-11H,1-8H2,(H,18,19,20);/q;+1/p-1. The van der Waals surface area contributed by atoms with Crippen molar-refractivity contribution in [3.63, 3.8) is 0 Å². The first-order valence-corrected chi connectivity index (χ1v) is 8.98. The minimum absolute atomic E-state index is 0. The summed E-state index contributed by atoms with van der Waals surface area (Å²) in [6.45, 7) is -1.69. The van der Waals surface area contributed by atoms with Gasteiger partial charge in [0.25, 0.3) is 0 Å². The molecule has 0 aromatic carbocycles. The Hall–Kier alpha value is 0.240. The van der Waals surface area contributed by atoms with Crippen LogP contribution in [0.3, 0.4) is 0 Å². The molecule has 9 heteroatoms. The van der Waals surface area contributed by atoms with Crippen molar-refractivity contribution in [1.82, 2.24) is 0 Å². The van der Waals surface area contributed by atoms with Gasteiger partial charge >= 0.3 is 40.8 Å². The molecule has 4 bridgehead atoms. The molecular weight excluding hydrogens is 341 g/mol. The summed E-state index contributed by atoms with van der Waals surface area (Å²) in [5.41, 5.74) is -0.169. The van der Waals surface area contributed by atoms with Crippen molar-refractivity contribution < 1.29 is 60.8 Å². The normalized spacial score (nSPS) is 35.7. The molecule has 4 saturated carbocycles. The molecule has 0 N–H and O–H groups in total. The Bertz CT molecular complexity index is 542. The summed E-state index contributed by atoms with van der Waals surface area (Å²) in [5.74, 6) is 1.01. The zero-order valence-electron chi connectivity index (χ0n) is 13.1. The molecule has 0 aromatic rings. The second-order valence-electron chi connectivity index (χ2n) is 7.35. The quantitative estimate of drug-likeness (QED) is 0.367. The molecule has 0 spiro atoms. The van der Waals surface area contributed by atoms with Crippen molar-refractivity contribution in [3.05, 3.63) is 0 Å². The van der Waals surface area contributed by atoms with Crippen LogP contribution in [0.2, 0.25) is 0 Å². The molecule has 0 aromatic heterocycles. The number of rotatable bonds is 5. The van der Waals surface area contributed by atoms with E-state index in [2.05, 4.69) is 4.74 Å². The van der Waals surface area contributed by atoms with Crippen LogP contribution in [0.4, 0.5) is 8.78 Å². The maximum absolute atomic E-state index is 13.0. The summed E-state index contributed by atoms with van der Waals surface area (Å²) in [6.07, 6.45) is 6.40. The Balaban J connectivity index is 0.00000192. The molecule has 0 atom stereocenters. The molecular formula is C14H19F2NaO5S. The van der Waals surface area contributed by atoms with Crippen molar-refractivity contribution in [2.45, 2.75) is 50.2 Å². The van der Waals surface area contributed by atoms with E-state index in [1.54, 1.807) is 0 Å². The Labute approximate surface area is 156 Å². The van der Waals surface area contributed by atoms with Crippen molar-refractivity contribution in [3.8, 4) is 0 Å². The number of alkyl halides is 2. The molecule has 0 saturated heterocycles. The minimum Gasteiger partial charge on any atom is -0.743 e. The van der Waals surface area contributed by atoms with Crippen LogP contribution in [0.5, 0.6) is 0 Å². The average molecular weight is 360 g/mol. The monoisotopic (exact) mass is 360 g/mol. The average Bonchev–Trinajstić information content (AvgIpc) is 2.32. The second-order valence-corrected chi connectivity index (χ2v) is 8.85. The van der Waals surface area contributed by atoms with Gasteiger partial charge in [-0.2, -0.15) is 8.78 Å². The minimum atomic E-state index is -5.81. The fourth-order valence-electron chi connectivity index (χ4n) is 5.10. The number of esters is 1. The molecule has 0 unspecified atom stereocenters. The van der Waals surface area contributed by atoms with Crippen molar-refractivity contribution in [2.24, 2.45) is 23.2 Å². The van der Waals surface area contributed by atoms with Gasteiger partial charge in [0.05, 0.1) is 6.42 Å². The number of carbonyl (C=O) groups excluding carboxylic acids is 1. The maximum atomic E-state index is 13.0. The third-order valence-electron chi connectivity index (χ3n) is 5.45. The van der Waals surface area contributed by atoms with Crippen LogP contribution in [0.25, 0.3) is 0 Å². The summed E-state index contributed by atoms with van der Waals surface area (Å²) in [7, 11) is -5.81. The molecule has 4 fully saturated rings. The third kappa shape index (κ3) is 4.08. The van der Waals surface area contributed by atoms with E-state index in [0.717, 1.165) is 19.3 Å². The molecule has 0 aliphatic heterocycles. The van der Waals surface area contributed by atoms with Gasteiger partial charge in [-0.05, 0) is 61.7 Å². The third-order valence-corrected chi connectivity index (χ3v) is 6.30. The van der Waals surface area contributed by atoms with Crippen LogP contribution in [0.15, 0.2) is 0 Å². The topological polar surface area (TPSA) is 83.5 Å². The van der Waals surface area contributed by atoms with Crippen molar-refractivity contribution in [2.75, 3.05) is 6.61 Å². The zero-order chi connectivity index (χ0) is 16.2. The summed E-state index contributed by atoms with van der Waals surface area (Å²) >= 11 is 0. The molecule has 0 amide bonds. The first-order valence-electron chi connectivity index (χ1n) is 7.57. The second kappa shape index (κ2) is 6.52.